The second kappa shape index (κ2) is 9.17. The molecule has 0 spiro atoms. The predicted molar refractivity (Wildman–Crippen MR) is 84.6 cm³/mol. The normalized spacial score (nSPS) is 10.7. The van der Waals surface area contributed by atoms with Gasteiger partial charge in [-0.2, -0.15) is 11.8 Å². The Morgan fingerprint density at radius 2 is 2.16 bits per heavy atom. The number of likely N-dealkylation sites (N-methyl/N-ethyl adjacent to an activating group) is 1. The second-order valence-electron chi connectivity index (χ2n) is 4.40. The van der Waals surface area contributed by atoms with E-state index in [2.05, 4.69) is 20.5 Å². The Hall–Kier alpha value is -0.790. The molecule has 0 atom stereocenters. The standard InChI is InChI=1S/C12H22N4OS2/c1-10-11(17-9-15-10)8-19-7-5-14-12(18)13-4-6-16(2)3/h9H,4-8H2,1-3H3,(H2,13,14,18). The predicted octanol–water partition coefficient (Wildman–Crippen LogP) is 1.24. The van der Waals surface area contributed by atoms with Gasteiger partial charge in [-0.1, -0.05) is 0 Å². The fourth-order valence-corrected chi connectivity index (χ4v) is 2.38. The largest absolute Gasteiger partial charge is 0.447 e. The van der Waals surface area contributed by atoms with E-state index >= 15 is 0 Å². The highest BCUT2D eigenvalue weighted by Crippen LogP contribution is 2.14. The smallest absolute Gasteiger partial charge is 0.181 e. The van der Waals surface area contributed by atoms with E-state index < -0.39 is 0 Å². The van der Waals surface area contributed by atoms with E-state index in [0.717, 1.165) is 47.7 Å². The summed E-state index contributed by atoms with van der Waals surface area (Å²) in [5.41, 5.74) is 0.973. The van der Waals surface area contributed by atoms with Gasteiger partial charge in [0.15, 0.2) is 11.5 Å². The number of thioether (sulfide) groups is 1. The molecule has 0 unspecified atom stereocenters. The van der Waals surface area contributed by atoms with Crippen LogP contribution in [0.25, 0.3) is 0 Å². The molecule has 1 aromatic rings. The van der Waals surface area contributed by atoms with Crippen molar-refractivity contribution in [2.24, 2.45) is 0 Å². The number of hydrogen-bond donors (Lipinski definition) is 2. The Kier molecular flexibility index (Phi) is 7.85. The van der Waals surface area contributed by atoms with Crippen LogP contribution in [0.4, 0.5) is 0 Å². The maximum atomic E-state index is 5.27. The monoisotopic (exact) mass is 302 g/mol. The number of aryl methyl sites for hydroxylation is 1. The van der Waals surface area contributed by atoms with Crippen LogP contribution in [0.1, 0.15) is 11.5 Å². The van der Waals surface area contributed by atoms with Crippen LogP contribution in [0.15, 0.2) is 10.8 Å². The van der Waals surface area contributed by atoms with Crippen molar-refractivity contribution in [3.63, 3.8) is 0 Å². The number of aromatic nitrogens is 1. The van der Waals surface area contributed by atoms with E-state index in [1.165, 1.54) is 6.39 Å². The molecule has 0 bridgehead atoms. The van der Waals surface area contributed by atoms with Crippen molar-refractivity contribution in [2.75, 3.05) is 39.5 Å². The molecule has 0 aromatic carbocycles. The van der Waals surface area contributed by atoms with Gasteiger partial charge in [-0.25, -0.2) is 4.98 Å². The number of oxazole rings is 1. The summed E-state index contributed by atoms with van der Waals surface area (Å²) in [5.74, 6) is 2.79. The molecule has 5 nitrogen and oxygen atoms in total. The van der Waals surface area contributed by atoms with E-state index in [-0.39, 0.29) is 0 Å². The highest BCUT2D eigenvalue weighted by molar-refractivity contribution is 7.98. The summed E-state index contributed by atoms with van der Waals surface area (Å²) in [5, 5.41) is 7.07. The lowest BCUT2D eigenvalue weighted by molar-refractivity contribution is 0.412. The molecule has 0 aliphatic rings. The van der Waals surface area contributed by atoms with Crippen LogP contribution >= 0.6 is 24.0 Å². The van der Waals surface area contributed by atoms with Crippen LogP contribution in [-0.2, 0) is 5.75 Å². The quantitative estimate of drug-likeness (QED) is 0.553. The maximum absolute atomic E-state index is 5.27. The number of nitrogens with zero attached hydrogens (tertiary/aromatic N) is 2. The molecule has 1 aromatic heterocycles. The van der Waals surface area contributed by atoms with Crippen molar-refractivity contribution >= 4 is 29.1 Å². The summed E-state index contributed by atoms with van der Waals surface area (Å²) in [4.78, 5) is 6.18. The third kappa shape index (κ3) is 7.39. The van der Waals surface area contributed by atoms with E-state index in [1.54, 1.807) is 11.8 Å². The lowest BCUT2D eigenvalue weighted by Crippen LogP contribution is -2.39. The van der Waals surface area contributed by atoms with Crippen molar-refractivity contribution < 1.29 is 4.42 Å². The molecular formula is C12H22N4OS2. The zero-order valence-electron chi connectivity index (χ0n) is 11.7. The van der Waals surface area contributed by atoms with Gasteiger partial charge in [0.2, 0.25) is 0 Å². The third-order valence-corrected chi connectivity index (χ3v) is 3.70. The SMILES string of the molecule is Cc1ncoc1CSCCNC(=S)NCCN(C)C. The Morgan fingerprint density at radius 1 is 1.42 bits per heavy atom. The van der Waals surface area contributed by atoms with E-state index in [1.807, 2.05) is 21.0 Å². The summed E-state index contributed by atoms with van der Waals surface area (Å²) >= 11 is 6.98. The van der Waals surface area contributed by atoms with Gasteiger partial charge in [0.05, 0.1) is 11.4 Å². The number of nitrogens with one attached hydrogen (secondary N) is 2. The minimum absolute atomic E-state index is 0.721. The molecule has 0 saturated carbocycles. The van der Waals surface area contributed by atoms with Crippen molar-refractivity contribution in [2.45, 2.75) is 12.7 Å². The van der Waals surface area contributed by atoms with Gasteiger partial charge in [0.25, 0.3) is 0 Å². The van der Waals surface area contributed by atoms with Crippen molar-refractivity contribution in [1.82, 2.24) is 20.5 Å². The Bertz CT molecular complexity index is 382. The first-order valence-corrected chi connectivity index (χ1v) is 7.79. The summed E-state index contributed by atoms with van der Waals surface area (Å²) in [6.45, 7) is 4.65. The molecule has 1 heterocycles. The highest BCUT2D eigenvalue weighted by atomic mass is 32.2. The molecule has 1 rings (SSSR count). The van der Waals surface area contributed by atoms with Crippen LogP contribution in [0, 0.1) is 6.92 Å². The average Bonchev–Trinajstić information content (AvgIpc) is 2.74. The topological polar surface area (TPSA) is 53.3 Å². The minimum Gasteiger partial charge on any atom is -0.447 e. The molecule has 108 valence electrons. The summed E-state index contributed by atoms with van der Waals surface area (Å²) < 4.78 is 5.27. The third-order valence-electron chi connectivity index (χ3n) is 2.45. The number of hydrogen-bond acceptors (Lipinski definition) is 5. The van der Waals surface area contributed by atoms with E-state index in [4.69, 9.17) is 16.6 Å². The molecule has 0 amide bonds. The van der Waals surface area contributed by atoms with Crippen molar-refractivity contribution in [3.05, 3.63) is 17.8 Å². The number of rotatable bonds is 8. The maximum Gasteiger partial charge on any atom is 0.181 e. The summed E-state index contributed by atoms with van der Waals surface area (Å²) in [6.07, 6.45) is 1.49. The van der Waals surface area contributed by atoms with Crippen LogP contribution in [-0.4, -0.2) is 54.5 Å². The first kappa shape index (κ1) is 16.3. The Labute approximate surface area is 124 Å². The van der Waals surface area contributed by atoms with Gasteiger partial charge in [0.1, 0.15) is 5.76 Å². The zero-order chi connectivity index (χ0) is 14.1. The molecule has 0 fully saturated rings. The fraction of sp³-hybridized carbons (Fsp3) is 0.667. The van der Waals surface area contributed by atoms with Gasteiger partial charge < -0.3 is 20.0 Å². The Balaban J connectivity index is 1.98. The first-order valence-electron chi connectivity index (χ1n) is 6.22. The van der Waals surface area contributed by atoms with Gasteiger partial charge in [0, 0.05) is 25.4 Å². The lowest BCUT2D eigenvalue weighted by Gasteiger charge is -2.13. The molecule has 0 aliphatic heterocycles. The van der Waals surface area contributed by atoms with Crippen LogP contribution in [0.2, 0.25) is 0 Å². The number of thiocarbonyl (C=S) groups is 1. The molecule has 7 heteroatoms. The molecule has 0 radical (unpaired) electrons. The van der Waals surface area contributed by atoms with E-state index in [9.17, 15) is 0 Å². The first-order chi connectivity index (χ1) is 9.09. The van der Waals surface area contributed by atoms with Gasteiger partial charge in [-0.3, -0.25) is 0 Å². The van der Waals surface area contributed by atoms with Gasteiger partial charge in [-0.05, 0) is 33.2 Å². The molecule has 2 N–H and O–H groups in total. The van der Waals surface area contributed by atoms with Crippen LogP contribution in [0.3, 0.4) is 0 Å². The minimum atomic E-state index is 0.721. The fourth-order valence-electron chi connectivity index (χ4n) is 1.32. The van der Waals surface area contributed by atoms with Gasteiger partial charge >= 0.3 is 0 Å². The second-order valence-corrected chi connectivity index (χ2v) is 5.91. The van der Waals surface area contributed by atoms with Crippen molar-refractivity contribution in [3.8, 4) is 0 Å². The average molecular weight is 302 g/mol. The zero-order valence-corrected chi connectivity index (χ0v) is 13.4. The summed E-state index contributed by atoms with van der Waals surface area (Å²) in [7, 11) is 4.08. The molecular weight excluding hydrogens is 280 g/mol. The molecule has 0 aliphatic carbocycles. The summed E-state index contributed by atoms with van der Waals surface area (Å²) in [6, 6.07) is 0. The van der Waals surface area contributed by atoms with Crippen LogP contribution < -0.4 is 10.6 Å². The lowest BCUT2D eigenvalue weighted by atomic mass is 10.4. The Morgan fingerprint density at radius 3 is 2.79 bits per heavy atom. The molecule has 19 heavy (non-hydrogen) atoms. The highest BCUT2D eigenvalue weighted by Gasteiger charge is 2.02. The van der Waals surface area contributed by atoms with Gasteiger partial charge in [-0.15, -0.1) is 0 Å². The van der Waals surface area contributed by atoms with E-state index in [0.29, 0.717) is 0 Å². The van der Waals surface area contributed by atoms with Crippen LogP contribution in [0.5, 0.6) is 0 Å². The van der Waals surface area contributed by atoms with Crippen molar-refractivity contribution in [1.29, 1.82) is 0 Å². The molecule has 0 saturated heterocycles.